The minimum atomic E-state index is -0.714. The lowest BCUT2D eigenvalue weighted by molar-refractivity contribution is 0.0260. The third-order valence-corrected chi connectivity index (χ3v) is 11.0. The zero-order valence-electron chi connectivity index (χ0n) is 24.2. The Morgan fingerprint density at radius 2 is 1.80 bits per heavy atom. The van der Waals surface area contributed by atoms with Gasteiger partial charge >= 0.3 is 6.01 Å². The summed E-state index contributed by atoms with van der Waals surface area (Å²) >= 11 is 6.76. The van der Waals surface area contributed by atoms with E-state index in [9.17, 15) is 9.50 Å². The first-order valence-electron chi connectivity index (χ1n) is 15.3. The number of fused-ring (bicyclic) bond motifs is 7. The summed E-state index contributed by atoms with van der Waals surface area (Å²) in [4.78, 5) is 16.1. The number of aromatic nitrogens is 3. The number of nitrogens with zero attached hydrogens (tertiary/aromatic N) is 4. The van der Waals surface area contributed by atoms with E-state index in [0.717, 1.165) is 64.5 Å². The van der Waals surface area contributed by atoms with Gasteiger partial charge in [0.15, 0.2) is 5.82 Å². The van der Waals surface area contributed by atoms with Crippen LogP contribution in [0.3, 0.4) is 0 Å². The highest BCUT2D eigenvalue weighted by atomic mass is 35.5. The van der Waals surface area contributed by atoms with Gasteiger partial charge in [-0.25, -0.2) is 8.78 Å². The Balaban J connectivity index is 1.26. The number of nitrogens with one attached hydrogen (secondary N) is 1. The Bertz CT molecular complexity index is 1840. The number of aromatic hydroxyl groups is 1. The number of pyridine rings is 1. The van der Waals surface area contributed by atoms with Gasteiger partial charge in [0.1, 0.15) is 28.6 Å². The van der Waals surface area contributed by atoms with E-state index in [-0.39, 0.29) is 44.4 Å². The predicted octanol–water partition coefficient (Wildman–Crippen LogP) is 6.46. The van der Waals surface area contributed by atoms with Gasteiger partial charge in [0.2, 0.25) is 0 Å². The molecular formula is C34H32ClF2N5O2. The first kappa shape index (κ1) is 27.8. The van der Waals surface area contributed by atoms with Gasteiger partial charge in [-0.3, -0.25) is 4.98 Å². The number of terminal acetylenes is 1. The normalized spacial score (nSPS) is 27.6. The predicted molar refractivity (Wildman–Crippen MR) is 166 cm³/mol. The Morgan fingerprint density at radius 3 is 2.50 bits per heavy atom. The van der Waals surface area contributed by atoms with Crippen molar-refractivity contribution in [3.63, 3.8) is 0 Å². The molecule has 226 valence electrons. The molecule has 2 aromatic carbocycles. The lowest BCUT2D eigenvalue weighted by Gasteiger charge is -2.50. The number of benzene rings is 2. The number of halogens is 3. The second kappa shape index (κ2) is 10.1. The summed E-state index contributed by atoms with van der Waals surface area (Å²) in [5, 5.41) is 15.4. The first-order chi connectivity index (χ1) is 21.2. The summed E-state index contributed by atoms with van der Waals surface area (Å²) in [5.41, 5.74) is 0.139. The highest BCUT2D eigenvalue weighted by Crippen LogP contribution is 2.55. The summed E-state index contributed by atoms with van der Waals surface area (Å²) in [6.45, 7) is 1.91. The third kappa shape index (κ3) is 4.53. The summed E-state index contributed by atoms with van der Waals surface area (Å²) < 4.78 is 37.9. The average Bonchev–Trinajstić information content (AvgIpc) is 3.37. The summed E-state index contributed by atoms with van der Waals surface area (Å²) in [6.07, 6.45) is 15.2. The van der Waals surface area contributed by atoms with Gasteiger partial charge in [0.25, 0.3) is 0 Å². The number of alkyl halides is 1. The molecule has 2 aliphatic heterocycles. The van der Waals surface area contributed by atoms with Crippen LogP contribution in [0.1, 0.15) is 56.9 Å². The Morgan fingerprint density at radius 1 is 1.07 bits per heavy atom. The van der Waals surface area contributed by atoms with Crippen molar-refractivity contribution in [2.24, 2.45) is 5.41 Å². The van der Waals surface area contributed by atoms with E-state index in [1.807, 2.05) is 0 Å². The lowest BCUT2D eigenvalue weighted by Crippen LogP contribution is -2.51. The molecule has 3 saturated carbocycles. The molecule has 0 amide bonds. The molecule has 4 aromatic rings. The largest absolute Gasteiger partial charge is 0.508 e. The fourth-order valence-corrected chi connectivity index (χ4v) is 8.17. The van der Waals surface area contributed by atoms with Crippen molar-refractivity contribution in [2.45, 2.75) is 68.3 Å². The van der Waals surface area contributed by atoms with Crippen LogP contribution < -0.4 is 15.0 Å². The zero-order valence-corrected chi connectivity index (χ0v) is 24.9. The molecule has 4 heterocycles. The van der Waals surface area contributed by atoms with E-state index in [2.05, 4.69) is 26.1 Å². The molecule has 5 fully saturated rings. The minimum absolute atomic E-state index is 0.0153. The molecule has 2 N–H and O–H groups in total. The summed E-state index contributed by atoms with van der Waals surface area (Å²) in [5.74, 6) is 1.53. The van der Waals surface area contributed by atoms with Gasteiger partial charge in [-0.15, -0.1) is 18.0 Å². The van der Waals surface area contributed by atoms with Gasteiger partial charge in [-0.05, 0) is 75.0 Å². The fraction of sp³-hybridized carbons (Fsp3) is 0.441. The van der Waals surface area contributed by atoms with Crippen LogP contribution in [0.4, 0.5) is 14.6 Å². The van der Waals surface area contributed by atoms with Crippen molar-refractivity contribution in [1.82, 2.24) is 20.3 Å². The number of hydrogen-bond donors (Lipinski definition) is 2. The highest BCUT2D eigenvalue weighted by molar-refractivity contribution is 6.24. The minimum Gasteiger partial charge on any atom is -0.508 e. The smallest absolute Gasteiger partial charge is 0.319 e. The van der Waals surface area contributed by atoms with Crippen LogP contribution in [0.2, 0.25) is 0 Å². The van der Waals surface area contributed by atoms with E-state index < -0.39 is 11.6 Å². The molecular weight excluding hydrogens is 584 g/mol. The molecule has 3 aliphatic carbocycles. The van der Waals surface area contributed by atoms with Gasteiger partial charge < -0.3 is 20.1 Å². The Kier molecular flexibility index (Phi) is 6.41. The second-order valence-corrected chi connectivity index (χ2v) is 14.0. The van der Waals surface area contributed by atoms with E-state index in [1.165, 1.54) is 24.3 Å². The molecule has 2 saturated heterocycles. The molecule has 0 unspecified atom stereocenters. The maximum absolute atomic E-state index is 16.7. The Hall–Kier alpha value is -3.74. The van der Waals surface area contributed by atoms with E-state index in [4.69, 9.17) is 27.7 Å². The molecule has 44 heavy (non-hydrogen) atoms. The SMILES string of the molecule is C#Cc1c(F)ccc2cc(O)cc(-c3ncc4c(N5C[C@H]6CC[C@@H](C5)N6)nc(OCC56CCC(Cl)(CC5)CC6)nc4c3F)c12. The third-order valence-electron chi connectivity index (χ3n) is 10.4. The number of ether oxygens (including phenoxy) is 1. The standard InChI is InChI=1S/C34H32ClF2N5O2/c1-2-23-26(36)6-3-19-13-22(43)14-24(27(19)23)29-28(37)30-25(15-38-29)31(42-16-20-4-5-21(17-42)39-20)41-32(40-30)44-18-33-7-10-34(35,11-8-33)12-9-33/h1,3,6,13-15,20-21,39,43H,4-5,7-12,16-18H2/t20-,21+,33?,34?. The summed E-state index contributed by atoms with van der Waals surface area (Å²) in [6, 6.07) is 6.34. The van der Waals surface area contributed by atoms with Crippen molar-refractivity contribution < 1.29 is 18.6 Å². The molecule has 4 bridgehead atoms. The van der Waals surface area contributed by atoms with Crippen LogP contribution in [-0.2, 0) is 0 Å². The van der Waals surface area contributed by atoms with Gasteiger partial charge in [0, 0.05) is 52.6 Å². The Labute approximate surface area is 259 Å². The van der Waals surface area contributed by atoms with Gasteiger partial charge in [-0.1, -0.05) is 12.0 Å². The van der Waals surface area contributed by atoms with E-state index in [1.54, 1.807) is 6.20 Å². The van der Waals surface area contributed by atoms with Crippen LogP contribution in [-0.4, -0.2) is 56.7 Å². The van der Waals surface area contributed by atoms with E-state index >= 15 is 4.39 Å². The second-order valence-electron chi connectivity index (χ2n) is 13.2. The van der Waals surface area contributed by atoms with Crippen LogP contribution in [0.25, 0.3) is 32.9 Å². The number of hydrogen-bond acceptors (Lipinski definition) is 7. The maximum atomic E-state index is 16.7. The number of piperazine rings is 1. The highest BCUT2D eigenvalue weighted by Gasteiger charge is 2.48. The van der Waals surface area contributed by atoms with Crippen LogP contribution in [0, 0.1) is 29.4 Å². The van der Waals surface area contributed by atoms with Gasteiger partial charge in [0.05, 0.1) is 17.6 Å². The molecule has 7 nitrogen and oxygen atoms in total. The molecule has 5 aliphatic rings. The van der Waals surface area contributed by atoms with Crippen molar-refractivity contribution in [1.29, 1.82) is 0 Å². The van der Waals surface area contributed by atoms with Crippen molar-refractivity contribution >= 4 is 39.1 Å². The quantitative estimate of drug-likeness (QED) is 0.197. The number of anilines is 1. The average molecular weight is 616 g/mol. The zero-order chi connectivity index (χ0) is 30.2. The van der Waals surface area contributed by atoms with Crippen LogP contribution >= 0.6 is 11.6 Å². The van der Waals surface area contributed by atoms with Crippen molar-refractivity contribution in [3.05, 3.63) is 47.7 Å². The maximum Gasteiger partial charge on any atom is 0.319 e. The lowest BCUT2D eigenvalue weighted by atomic mass is 9.61. The molecule has 2 aromatic heterocycles. The monoisotopic (exact) mass is 615 g/mol. The molecule has 2 atom stereocenters. The van der Waals surface area contributed by atoms with E-state index in [0.29, 0.717) is 40.7 Å². The number of phenolic OH excluding ortho intramolecular Hbond substituents is 1. The topological polar surface area (TPSA) is 83.4 Å². The van der Waals surface area contributed by atoms with Crippen LogP contribution in [0.5, 0.6) is 11.8 Å². The molecule has 10 heteroatoms. The molecule has 9 rings (SSSR count). The summed E-state index contributed by atoms with van der Waals surface area (Å²) in [7, 11) is 0. The van der Waals surface area contributed by atoms with Crippen LogP contribution in [0.15, 0.2) is 30.5 Å². The fourth-order valence-electron chi connectivity index (χ4n) is 7.89. The first-order valence-corrected chi connectivity index (χ1v) is 15.7. The van der Waals surface area contributed by atoms with Crippen molar-refractivity contribution in [2.75, 3.05) is 24.6 Å². The number of phenols is 1. The molecule has 0 spiro atoms. The molecule has 0 radical (unpaired) electrons. The van der Waals surface area contributed by atoms with Crippen molar-refractivity contribution in [3.8, 4) is 35.4 Å². The number of rotatable bonds is 5. The van der Waals surface area contributed by atoms with Gasteiger partial charge in [-0.2, -0.15) is 9.97 Å².